The number of hydrogen-bond donors (Lipinski definition) is 0. The highest BCUT2D eigenvalue weighted by Crippen LogP contribution is 2.10. The van der Waals surface area contributed by atoms with E-state index in [-0.39, 0.29) is 5.56 Å². The first-order valence-corrected chi connectivity index (χ1v) is 6.61. The van der Waals surface area contributed by atoms with Crippen molar-refractivity contribution in [1.29, 1.82) is 0 Å². The van der Waals surface area contributed by atoms with Crippen molar-refractivity contribution in [2.75, 3.05) is 11.5 Å². The number of terminal acetylenes is 1. The molecule has 17 heavy (non-hydrogen) atoms. The number of benzene rings is 1. The van der Waals surface area contributed by atoms with Crippen LogP contribution in [0, 0.1) is 25.1 Å². The number of rotatable bonds is 4. The molecule has 0 N–H and O–H groups in total. The zero-order valence-corrected chi connectivity index (χ0v) is 10.1. The highest BCUT2D eigenvalue weighted by Gasteiger charge is 2.17. The average Bonchev–Trinajstić information content (AvgIpc) is 2.21. The van der Waals surface area contributed by atoms with E-state index in [1.54, 1.807) is 0 Å². The molecule has 3 nitrogen and oxygen atoms in total. The van der Waals surface area contributed by atoms with Crippen molar-refractivity contribution in [3.63, 3.8) is 0 Å². The Labute approximate surface area is 99.6 Å². The van der Waals surface area contributed by atoms with Crippen LogP contribution >= 0.6 is 0 Å². The Morgan fingerprint density at radius 3 is 2.65 bits per heavy atom. The summed E-state index contributed by atoms with van der Waals surface area (Å²) in [6, 6.07) is 3.72. The summed E-state index contributed by atoms with van der Waals surface area (Å²) in [4.78, 5) is 11.6. The van der Waals surface area contributed by atoms with Crippen LogP contribution in [-0.4, -0.2) is 25.7 Å². The molecule has 0 bridgehead atoms. The fourth-order valence-corrected chi connectivity index (χ4v) is 2.20. The lowest BCUT2D eigenvalue weighted by Gasteiger charge is -2.03. The molecule has 0 aliphatic rings. The van der Waals surface area contributed by atoms with Crippen LogP contribution in [-0.2, 0) is 9.84 Å². The van der Waals surface area contributed by atoms with Crippen molar-refractivity contribution in [2.45, 2.75) is 6.92 Å². The summed E-state index contributed by atoms with van der Waals surface area (Å²) in [6.45, 7) is 1.50. The zero-order valence-electron chi connectivity index (χ0n) is 9.23. The van der Waals surface area contributed by atoms with Crippen LogP contribution < -0.4 is 0 Å². The second-order valence-electron chi connectivity index (χ2n) is 3.62. The molecule has 0 atom stereocenters. The molecule has 0 amide bonds. The molecule has 0 radical (unpaired) electrons. The maximum atomic E-state index is 13.0. The van der Waals surface area contributed by atoms with Gasteiger partial charge in [-0.3, -0.25) is 4.79 Å². The second kappa shape index (κ2) is 5.11. The maximum Gasteiger partial charge on any atom is 0.177 e. The quantitative estimate of drug-likeness (QED) is 0.602. The molecule has 0 aromatic heterocycles. The maximum absolute atomic E-state index is 13.0. The Balaban J connectivity index is 2.92. The fourth-order valence-electron chi connectivity index (χ4n) is 1.28. The number of ketones is 1. The van der Waals surface area contributed by atoms with E-state index < -0.39 is 32.9 Å². The number of carbonyl (C=O) groups is 1. The van der Waals surface area contributed by atoms with E-state index in [1.807, 2.05) is 5.92 Å². The van der Waals surface area contributed by atoms with Crippen molar-refractivity contribution in [3.05, 3.63) is 35.1 Å². The van der Waals surface area contributed by atoms with Crippen molar-refractivity contribution in [1.82, 2.24) is 0 Å². The topological polar surface area (TPSA) is 51.2 Å². The lowest BCUT2D eigenvalue weighted by atomic mass is 10.1. The average molecular weight is 254 g/mol. The highest BCUT2D eigenvalue weighted by molar-refractivity contribution is 7.92. The van der Waals surface area contributed by atoms with E-state index in [9.17, 15) is 17.6 Å². The molecule has 0 aliphatic carbocycles. The molecule has 5 heteroatoms. The number of carbonyl (C=O) groups excluding carboxylic acids is 1. The number of hydrogen-bond acceptors (Lipinski definition) is 3. The Bertz CT molecular complexity index is 582. The zero-order chi connectivity index (χ0) is 13.1. The predicted octanol–water partition coefficient (Wildman–Crippen LogP) is 1.36. The van der Waals surface area contributed by atoms with Crippen LogP contribution in [0.25, 0.3) is 0 Å². The number of halogens is 1. The minimum Gasteiger partial charge on any atom is -0.293 e. The van der Waals surface area contributed by atoms with Gasteiger partial charge in [0.15, 0.2) is 15.6 Å². The van der Waals surface area contributed by atoms with Gasteiger partial charge in [0.25, 0.3) is 0 Å². The van der Waals surface area contributed by atoms with Crippen LogP contribution in [0.3, 0.4) is 0 Å². The lowest BCUT2D eigenvalue weighted by molar-refractivity contribution is 0.102. The highest BCUT2D eigenvalue weighted by atomic mass is 32.2. The molecule has 1 aromatic carbocycles. The summed E-state index contributed by atoms with van der Waals surface area (Å²) in [7, 11) is -3.58. The fraction of sp³-hybridized carbons (Fsp3) is 0.250. The van der Waals surface area contributed by atoms with Gasteiger partial charge < -0.3 is 0 Å². The van der Waals surface area contributed by atoms with Gasteiger partial charge in [-0.2, -0.15) is 0 Å². The first kappa shape index (κ1) is 13.4. The second-order valence-corrected chi connectivity index (χ2v) is 5.69. The van der Waals surface area contributed by atoms with Crippen LogP contribution in [0.4, 0.5) is 4.39 Å². The molecular formula is C12H11FO3S. The minimum atomic E-state index is -3.58. The van der Waals surface area contributed by atoms with Crippen molar-refractivity contribution in [3.8, 4) is 12.3 Å². The molecule has 0 saturated carbocycles. The Morgan fingerprint density at radius 1 is 1.47 bits per heavy atom. The molecule has 1 rings (SSSR count). The first-order valence-electron chi connectivity index (χ1n) is 4.79. The van der Waals surface area contributed by atoms with E-state index >= 15 is 0 Å². The van der Waals surface area contributed by atoms with Gasteiger partial charge in [-0.15, -0.1) is 6.42 Å². The van der Waals surface area contributed by atoms with Crippen LogP contribution in [0.5, 0.6) is 0 Å². The SMILES string of the molecule is C#CCS(=O)(=O)CC(=O)c1ccc(F)c(C)c1. The van der Waals surface area contributed by atoms with E-state index in [0.717, 1.165) is 6.07 Å². The van der Waals surface area contributed by atoms with E-state index in [0.29, 0.717) is 5.56 Å². The molecule has 0 saturated heterocycles. The Hall–Kier alpha value is -1.67. The van der Waals surface area contributed by atoms with Gasteiger partial charge in [-0.1, -0.05) is 5.92 Å². The lowest BCUT2D eigenvalue weighted by Crippen LogP contribution is -2.18. The number of Topliss-reactive ketones (excluding diaryl/α,β-unsaturated/α-hetero) is 1. The van der Waals surface area contributed by atoms with E-state index in [4.69, 9.17) is 6.42 Å². The van der Waals surface area contributed by atoms with Crippen molar-refractivity contribution >= 4 is 15.6 Å². The molecule has 0 spiro atoms. The van der Waals surface area contributed by atoms with Gasteiger partial charge in [0.05, 0.1) is 0 Å². The Morgan fingerprint density at radius 2 is 2.12 bits per heavy atom. The monoisotopic (exact) mass is 254 g/mol. The third-order valence-electron chi connectivity index (χ3n) is 2.13. The molecular weight excluding hydrogens is 243 g/mol. The molecule has 0 aliphatic heterocycles. The van der Waals surface area contributed by atoms with Crippen molar-refractivity contribution in [2.24, 2.45) is 0 Å². The van der Waals surface area contributed by atoms with Crippen LogP contribution in [0.15, 0.2) is 18.2 Å². The summed E-state index contributed by atoms with van der Waals surface area (Å²) < 4.78 is 35.6. The molecule has 0 unspecified atom stereocenters. The van der Waals surface area contributed by atoms with Gasteiger partial charge in [-0.25, -0.2) is 12.8 Å². The van der Waals surface area contributed by atoms with Gasteiger partial charge in [0.1, 0.15) is 17.3 Å². The Kier molecular flexibility index (Phi) is 4.02. The molecule has 1 aromatic rings. The third kappa shape index (κ3) is 3.68. The third-order valence-corrected chi connectivity index (χ3v) is 3.44. The predicted molar refractivity (Wildman–Crippen MR) is 63.0 cm³/mol. The standard InChI is InChI=1S/C12H11FO3S/c1-3-6-17(15,16)8-12(14)10-4-5-11(13)9(2)7-10/h1,4-5,7H,6,8H2,2H3. The van der Waals surface area contributed by atoms with Crippen LogP contribution in [0.2, 0.25) is 0 Å². The summed E-state index contributed by atoms with van der Waals surface area (Å²) in [5.74, 6) is -0.156. The van der Waals surface area contributed by atoms with Crippen LogP contribution in [0.1, 0.15) is 15.9 Å². The van der Waals surface area contributed by atoms with Crippen molar-refractivity contribution < 1.29 is 17.6 Å². The normalized spacial score (nSPS) is 10.9. The van der Waals surface area contributed by atoms with E-state index in [1.165, 1.54) is 19.1 Å². The first-order chi connectivity index (χ1) is 7.85. The van der Waals surface area contributed by atoms with Gasteiger partial charge >= 0.3 is 0 Å². The smallest absolute Gasteiger partial charge is 0.177 e. The summed E-state index contributed by atoms with van der Waals surface area (Å²) in [6.07, 6.45) is 4.88. The van der Waals surface area contributed by atoms with Gasteiger partial charge in [0, 0.05) is 5.56 Å². The summed E-state index contributed by atoms with van der Waals surface area (Å²) in [5.41, 5.74) is 0.467. The number of aryl methyl sites for hydroxylation is 1. The minimum absolute atomic E-state index is 0.171. The van der Waals surface area contributed by atoms with E-state index in [2.05, 4.69) is 0 Å². The molecule has 0 fully saturated rings. The van der Waals surface area contributed by atoms with Gasteiger partial charge in [-0.05, 0) is 30.7 Å². The number of sulfone groups is 1. The summed E-state index contributed by atoms with van der Waals surface area (Å²) in [5, 5.41) is 0. The molecule has 90 valence electrons. The summed E-state index contributed by atoms with van der Waals surface area (Å²) >= 11 is 0. The van der Waals surface area contributed by atoms with Gasteiger partial charge in [0.2, 0.25) is 0 Å². The molecule has 0 heterocycles. The largest absolute Gasteiger partial charge is 0.293 e.